The van der Waals surface area contributed by atoms with Crippen molar-refractivity contribution >= 4 is 28.4 Å². The van der Waals surface area contributed by atoms with Crippen molar-refractivity contribution in [1.82, 2.24) is 0 Å². The number of halogens is 2. The zero-order valence-electron chi connectivity index (χ0n) is 10.3. The smallest absolute Gasteiger partial charge is 0.137 e. The van der Waals surface area contributed by atoms with Crippen LogP contribution in [-0.2, 0) is 4.79 Å². The van der Waals surface area contributed by atoms with Crippen LogP contribution >= 0.6 is 22.6 Å². The van der Waals surface area contributed by atoms with Crippen molar-refractivity contribution in [3.8, 4) is 0 Å². The van der Waals surface area contributed by atoms with Gasteiger partial charge in [-0.05, 0) is 67.5 Å². The summed E-state index contributed by atoms with van der Waals surface area (Å²) in [7, 11) is 0. The van der Waals surface area contributed by atoms with Gasteiger partial charge in [0, 0.05) is 15.0 Å². The topological polar surface area (TPSA) is 43.1 Å². The first-order valence-electron chi connectivity index (χ1n) is 5.45. The van der Waals surface area contributed by atoms with Gasteiger partial charge < -0.3 is 5.73 Å². The second-order valence-electron chi connectivity index (χ2n) is 5.03. The molecule has 0 heterocycles. The molecule has 0 radical (unpaired) electrons. The minimum atomic E-state index is -0.449. The molecule has 2 N–H and O–H groups in total. The number of ketones is 1. The van der Waals surface area contributed by atoms with Gasteiger partial charge in [0.05, 0.1) is 0 Å². The van der Waals surface area contributed by atoms with Gasteiger partial charge in [-0.15, -0.1) is 0 Å². The Kier molecular flexibility index (Phi) is 4.66. The maximum Gasteiger partial charge on any atom is 0.137 e. The van der Waals surface area contributed by atoms with Crippen molar-refractivity contribution in [2.45, 2.75) is 38.6 Å². The van der Waals surface area contributed by atoms with Gasteiger partial charge in [0.2, 0.25) is 0 Å². The van der Waals surface area contributed by atoms with Crippen LogP contribution in [0.2, 0.25) is 0 Å². The Morgan fingerprint density at radius 3 is 2.53 bits per heavy atom. The van der Waals surface area contributed by atoms with Crippen molar-refractivity contribution in [2.24, 2.45) is 5.73 Å². The number of hydrogen-bond acceptors (Lipinski definition) is 2. The second kappa shape index (κ2) is 5.44. The molecule has 0 fully saturated rings. The second-order valence-corrected chi connectivity index (χ2v) is 6.19. The average Bonchev–Trinajstić information content (AvgIpc) is 2.17. The average molecular weight is 349 g/mol. The van der Waals surface area contributed by atoms with E-state index in [0.29, 0.717) is 15.6 Å². The molecule has 0 saturated carbocycles. The predicted octanol–water partition coefficient (Wildman–Crippen LogP) is 3.23. The van der Waals surface area contributed by atoms with E-state index in [-0.39, 0.29) is 17.5 Å². The zero-order valence-corrected chi connectivity index (χ0v) is 12.4. The Hall–Kier alpha value is -0.490. The number of carbonyl (C=O) groups excluding carboxylic acids is 1. The van der Waals surface area contributed by atoms with Crippen LogP contribution in [0.3, 0.4) is 0 Å². The molecule has 1 aromatic rings. The van der Waals surface area contributed by atoms with Crippen molar-refractivity contribution < 1.29 is 9.18 Å². The van der Waals surface area contributed by atoms with E-state index in [2.05, 4.69) is 0 Å². The van der Waals surface area contributed by atoms with Crippen molar-refractivity contribution in [3.05, 3.63) is 33.1 Å². The third-order valence-corrected chi connectivity index (χ3v) is 3.44. The minimum absolute atomic E-state index is 0.0177. The van der Waals surface area contributed by atoms with Gasteiger partial charge >= 0.3 is 0 Å². The van der Waals surface area contributed by atoms with Crippen molar-refractivity contribution in [2.75, 3.05) is 0 Å². The fourth-order valence-electron chi connectivity index (χ4n) is 1.75. The standard InChI is InChI=1S/C13H17FINO/c1-8(17)10(7-13(2,3)16)9-4-5-12(15)11(14)6-9/h4-6,10H,7,16H2,1-3H3. The van der Waals surface area contributed by atoms with Gasteiger partial charge in [0.25, 0.3) is 0 Å². The van der Waals surface area contributed by atoms with Gasteiger partial charge in [-0.3, -0.25) is 4.79 Å². The first kappa shape index (κ1) is 14.6. The number of nitrogens with two attached hydrogens (primary N) is 1. The van der Waals surface area contributed by atoms with E-state index >= 15 is 0 Å². The highest BCUT2D eigenvalue weighted by molar-refractivity contribution is 14.1. The summed E-state index contributed by atoms with van der Waals surface area (Å²) in [4.78, 5) is 11.6. The fraction of sp³-hybridized carbons (Fsp3) is 0.462. The molecule has 0 aliphatic carbocycles. The van der Waals surface area contributed by atoms with Crippen LogP contribution < -0.4 is 5.73 Å². The monoisotopic (exact) mass is 349 g/mol. The van der Waals surface area contributed by atoms with E-state index in [1.165, 1.54) is 13.0 Å². The molecule has 0 bridgehead atoms. The molecule has 1 unspecified atom stereocenters. The van der Waals surface area contributed by atoms with E-state index in [4.69, 9.17) is 5.73 Å². The van der Waals surface area contributed by atoms with Crippen molar-refractivity contribution in [1.29, 1.82) is 0 Å². The van der Waals surface area contributed by atoms with Crippen LogP contribution in [0.25, 0.3) is 0 Å². The number of carbonyl (C=O) groups is 1. The molecule has 0 spiro atoms. The Bertz CT molecular complexity index is 426. The molecule has 94 valence electrons. The summed E-state index contributed by atoms with van der Waals surface area (Å²) in [6.45, 7) is 5.25. The van der Waals surface area contributed by atoms with Gasteiger partial charge in [-0.25, -0.2) is 4.39 Å². The van der Waals surface area contributed by atoms with E-state index < -0.39 is 5.54 Å². The zero-order chi connectivity index (χ0) is 13.2. The lowest BCUT2D eigenvalue weighted by molar-refractivity contribution is -0.118. The lowest BCUT2D eigenvalue weighted by Gasteiger charge is -2.24. The summed E-state index contributed by atoms with van der Waals surface area (Å²) >= 11 is 1.93. The predicted molar refractivity (Wildman–Crippen MR) is 75.4 cm³/mol. The number of benzene rings is 1. The Morgan fingerprint density at radius 2 is 2.12 bits per heavy atom. The molecular formula is C13H17FINO. The molecule has 0 aliphatic rings. The maximum atomic E-state index is 13.5. The Morgan fingerprint density at radius 1 is 1.53 bits per heavy atom. The molecule has 0 aromatic heterocycles. The van der Waals surface area contributed by atoms with Crippen LogP contribution in [0.4, 0.5) is 4.39 Å². The molecule has 1 atom stereocenters. The normalized spacial score (nSPS) is 13.5. The molecular weight excluding hydrogens is 332 g/mol. The highest BCUT2D eigenvalue weighted by atomic mass is 127. The number of rotatable bonds is 4. The summed E-state index contributed by atoms with van der Waals surface area (Å²) in [5.74, 6) is -0.602. The van der Waals surface area contributed by atoms with Crippen LogP contribution in [0.15, 0.2) is 18.2 Å². The summed E-state index contributed by atoms with van der Waals surface area (Å²) in [5, 5.41) is 0. The third kappa shape index (κ3) is 4.35. The lowest BCUT2D eigenvalue weighted by atomic mass is 9.84. The van der Waals surface area contributed by atoms with Crippen LogP contribution in [0.1, 0.15) is 38.7 Å². The Balaban J connectivity index is 3.06. The number of hydrogen-bond donors (Lipinski definition) is 1. The van der Waals surface area contributed by atoms with Crippen LogP contribution in [0, 0.1) is 9.39 Å². The highest BCUT2D eigenvalue weighted by Gasteiger charge is 2.24. The van der Waals surface area contributed by atoms with Gasteiger partial charge in [0.1, 0.15) is 11.6 Å². The lowest BCUT2D eigenvalue weighted by Crippen LogP contribution is -2.35. The fourth-order valence-corrected chi connectivity index (χ4v) is 2.09. The maximum absolute atomic E-state index is 13.5. The third-order valence-electron chi connectivity index (χ3n) is 2.57. The van der Waals surface area contributed by atoms with Crippen LogP contribution in [-0.4, -0.2) is 11.3 Å². The SMILES string of the molecule is CC(=O)C(CC(C)(C)N)c1ccc(I)c(F)c1. The first-order chi connectivity index (χ1) is 7.70. The molecule has 17 heavy (non-hydrogen) atoms. The van der Waals surface area contributed by atoms with E-state index in [1.807, 2.05) is 36.4 Å². The summed E-state index contributed by atoms with van der Waals surface area (Å²) in [6.07, 6.45) is 0.516. The number of Topliss-reactive ketones (excluding diaryl/α,β-unsaturated/α-hetero) is 1. The molecule has 1 rings (SSSR count). The highest BCUT2D eigenvalue weighted by Crippen LogP contribution is 2.27. The van der Waals surface area contributed by atoms with Crippen LogP contribution in [0.5, 0.6) is 0 Å². The molecule has 4 heteroatoms. The molecule has 0 amide bonds. The van der Waals surface area contributed by atoms with E-state index in [9.17, 15) is 9.18 Å². The van der Waals surface area contributed by atoms with Gasteiger partial charge in [-0.2, -0.15) is 0 Å². The molecule has 1 aromatic carbocycles. The van der Waals surface area contributed by atoms with Crippen molar-refractivity contribution in [3.63, 3.8) is 0 Å². The van der Waals surface area contributed by atoms with E-state index in [0.717, 1.165) is 0 Å². The quantitative estimate of drug-likeness (QED) is 0.849. The van der Waals surface area contributed by atoms with E-state index in [1.54, 1.807) is 12.1 Å². The molecule has 0 saturated heterocycles. The summed E-state index contributed by atoms with van der Waals surface area (Å²) < 4.78 is 14.0. The molecule has 0 aliphatic heterocycles. The summed E-state index contributed by atoms with van der Waals surface area (Å²) in [6, 6.07) is 4.91. The summed E-state index contributed by atoms with van der Waals surface area (Å²) in [5.41, 5.74) is 6.19. The van der Waals surface area contributed by atoms with Gasteiger partial charge in [0.15, 0.2) is 0 Å². The first-order valence-corrected chi connectivity index (χ1v) is 6.53. The Labute approximate surface area is 115 Å². The largest absolute Gasteiger partial charge is 0.326 e. The molecule has 2 nitrogen and oxygen atoms in total. The minimum Gasteiger partial charge on any atom is -0.326 e. The van der Waals surface area contributed by atoms with Gasteiger partial charge in [-0.1, -0.05) is 6.07 Å².